The lowest BCUT2D eigenvalue weighted by Gasteiger charge is -2.11. The Morgan fingerprint density at radius 3 is 2.48 bits per heavy atom. The summed E-state index contributed by atoms with van der Waals surface area (Å²) in [6.45, 7) is 4.90. The Morgan fingerprint density at radius 1 is 0.970 bits per heavy atom. The number of hydrogen-bond acceptors (Lipinski definition) is 6. The molecular weight excluding hydrogens is 412 g/mol. The first-order valence-electron chi connectivity index (χ1n) is 11.3. The lowest BCUT2D eigenvalue weighted by molar-refractivity contribution is 0.0964. The lowest BCUT2D eigenvalue weighted by atomic mass is 10.0. The average molecular weight is 441 g/mol. The summed E-state index contributed by atoms with van der Waals surface area (Å²) in [4.78, 5) is 30.2. The highest BCUT2D eigenvalue weighted by Gasteiger charge is 2.11. The first-order valence-corrected chi connectivity index (χ1v) is 11.3. The number of amides is 1. The fourth-order valence-corrected chi connectivity index (χ4v) is 3.87. The third-order valence-electron chi connectivity index (χ3n) is 5.65. The number of nitrogens with zero attached hydrogens (tertiary/aromatic N) is 4. The smallest absolute Gasteiger partial charge is 0.251 e. The van der Waals surface area contributed by atoms with E-state index in [2.05, 4.69) is 56.5 Å². The molecule has 3 aromatic heterocycles. The van der Waals surface area contributed by atoms with Gasteiger partial charge in [0.1, 0.15) is 12.1 Å². The Morgan fingerprint density at radius 2 is 1.76 bits per heavy atom. The van der Waals surface area contributed by atoms with Crippen molar-refractivity contribution >= 4 is 22.6 Å². The molecule has 7 nitrogen and oxygen atoms in total. The van der Waals surface area contributed by atoms with E-state index in [9.17, 15) is 4.79 Å². The number of carbonyl (C=O) groups excluding carboxylic acids is 1. The van der Waals surface area contributed by atoms with E-state index in [1.54, 1.807) is 25.6 Å². The van der Waals surface area contributed by atoms with Crippen molar-refractivity contribution in [2.45, 2.75) is 33.1 Å². The summed E-state index contributed by atoms with van der Waals surface area (Å²) in [7, 11) is 1.64. The highest BCUT2D eigenvalue weighted by atomic mass is 16.1. The number of nitrogens with one attached hydrogen (secondary N) is 2. The predicted octanol–water partition coefficient (Wildman–Crippen LogP) is 4.23. The van der Waals surface area contributed by atoms with Gasteiger partial charge in [0.2, 0.25) is 0 Å². The fourth-order valence-electron chi connectivity index (χ4n) is 3.87. The molecule has 0 spiro atoms. The predicted molar refractivity (Wildman–Crippen MR) is 131 cm³/mol. The molecule has 168 valence electrons. The van der Waals surface area contributed by atoms with Crippen LogP contribution in [0.3, 0.4) is 0 Å². The van der Waals surface area contributed by atoms with Crippen molar-refractivity contribution in [3.05, 3.63) is 77.5 Å². The van der Waals surface area contributed by atoms with E-state index < -0.39 is 0 Å². The van der Waals surface area contributed by atoms with Gasteiger partial charge in [-0.15, -0.1) is 0 Å². The molecule has 0 aliphatic rings. The molecule has 4 aromatic rings. The van der Waals surface area contributed by atoms with Crippen molar-refractivity contribution in [2.24, 2.45) is 0 Å². The van der Waals surface area contributed by atoms with E-state index in [1.807, 2.05) is 24.3 Å². The molecule has 3 heterocycles. The first-order chi connectivity index (χ1) is 16.1. The van der Waals surface area contributed by atoms with Crippen LogP contribution in [0.4, 0.5) is 5.82 Å². The third-order valence-corrected chi connectivity index (χ3v) is 5.65. The summed E-state index contributed by atoms with van der Waals surface area (Å²) < 4.78 is 0. The van der Waals surface area contributed by atoms with E-state index in [0.29, 0.717) is 12.1 Å². The van der Waals surface area contributed by atoms with Gasteiger partial charge in [-0.2, -0.15) is 0 Å². The molecule has 1 amide bonds. The van der Waals surface area contributed by atoms with Crippen LogP contribution in [0.1, 0.15) is 41.2 Å². The molecule has 0 fully saturated rings. The number of anilines is 1. The number of rotatable bonds is 8. The van der Waals surface area contributed by atoms with Gasteiger partial charge in [-0.1, -0.05) is 32.0 Å². The summed E-state index contributed by atoms with van der Waals surface area (Å²) >= 11 is 0. The minimum Gasteiger partial charge on any atom is -0.370 e. The van der Waals surface area contributed by atoms with Crippen LogP contribution >= 0.6 is 0 Å². The van der Waals surface area contributed by atoms with E-state index >= 15 is 0 Å². The summed E-state index contributed by atoms with van der Waals surface area (Å²) in [6.07, 6.45) is 5.79. The molecule has 0 unspecified atom stereocenters. The highest BCUT2D eigenvalue weighted by molar-refractivity contribution is 6.06. The molecule has 0 bridgehead atoms. The van der Waals surface area contributed by atoms with Crippen molar-refractivity contribution in [2.75, 3.05) is 18.9 Å². The van der Waals surface area contributed by atoms with Crippen molar-refractivity contribution in [1.29, 1.82) is 0 Å². The molecule has 0 atom stereocenters. The van der Waals surface area contributed by atoms with Crippen LogP contribution < -0.4 is 10.6 Å². The molecule has 0 saturated carbocycles. The number of benzene rings is 1. The van der Waals surface area contributed by atoms with Crippen LogP contribution in [0, 0.1) is 0 Å². The van der Waals surface area contributed by atoms with Crippen molar-refractivity contribution < 1.29 is 4.79 Å². The number of pyridine rings is 2. The number of hydrogen-bond donors (Lipinski definition) is 2. The Labute approximate surface area is 193 Å². The van der Waals surface area contributed by atoms with E-state index in [4.69, 9.17) is 0 Å². The number of fused-ring (bicyclic) bond motifs is 1. The Bertz CT molecular complexity index is 1260. The minimum atomic E-state index is -0.111. The summed E-state index contributed by atoms with van der Waals surface area (Å²) in [5.74, 6) is 0.659. The molecule has 33 heavy (non-hydrogen) atoms. The Hall–Kier alpha value is -3.87. The fraction of sp³-hybridized carbons (Fsp3) is 0.269. The third kappa shape index (κ3) is 4.98. The van der Waals surface area contributed by atoms with Gasteiger partial charge in [-0.3, -0.25) is 14.8 Å². The summed E-state index contributed by atoms with van der Waals surface area (Å²) in [5, 5.41) is 6.95. The zero-order valence-electron chi connectivity index (χ0n) is 19.2. The molecule has 7 heteroatoms. The Balaban J connectivity index is 1.51. The topological polar surface area (TPSA) is 92.7 Å². The van der Waals surface area contributed by atoms with Crippen LogP contribution in [-0.4, -0.2) is 39.4 Å². The number of aromatic nitrogens is 4. The van der Waals surface area contributed by atoms with Gasteiger partial charge in [0.05, 0.1) is 16.8 Å². The largest absolute Gasteiger partial charge is 0.370 e. The van der Waals surface area contributed by atoms with Gasteiger partial charge in [-0.05, 0) is 43.0 Å². The summed E-state index contributed by atoms with van der Waals surface area (Å²) in [6, 6.07) is 13.9. The van der Waals surface area contributed by atoms with Crippen LogP contribution in [0.5, 0.6) is 0 Å². The number of aryl methyl sites for hydroxylation is 2. The standard InChI is InChI=1S/C26H28N6O/c1-4-19-13-18(14-20(5-2)32-19)23-15-24(31-16-30-23)28-11-9-17-7-6-8-21-22(26(33)27-3)10-12-29-25(17)21/h6-8,10,12-16H,4-5,9,11H2,1-3H3,(H,27,33)(H,28,30,31). The maximum Gasteiger partial charge on any atom is 0.251 e. The Kier molecular flexibility index (Phi) is 6.88. The number of carbonyl (C=O) groups is 1. The van der Waals surface area contributed by atoms with Crippen molar-refractivity contribution in [3.8, 4) is 11.3 Å². The maximum atomic E-state index is 12.2. The molecule has 2 N–H and O–H groups in total. The SMILES string of the molecule is CCc1cc(-c2cc(NCCc3cccc4c(C(=O)NC)ccnc34)ncn2)cc(CC)n1. The molecule has 1 aromatic carbocycles. The molecular formula is C26H28N6O. The van der Waals surface area contributed by atoms with Gasteiger partial charge in [0.15, 0.2) is 0 Å². The second kappa shape index (κ2) is 10.2. The van der Waals surface area contributed by atoms with Gasteiger partial charge in [-0.25, -0.2) is 9.97 Å². The maximum absolute atomic E-state index is 12.2. The highest BCUT2D eigenvalue weighted by Crippen LogP contribution is 2.23. The van der Waals surface area contributed by atoms with Crippen LogP contribution in [0.25, 0.3) is 22.2 Å². The second-order valence-corrected chi connectivity index (χ2v) is 7.76. The lowest BCUT2D eigenvalue weighted by Crippen LogP contribution is -2.18. The van der Waals surface area contributed by atoms with Gasteiger partial charge in [0, 0.05) is 48.2 Å². The zero-order chi connectivity index (χ0) is 23.2. The van der Waals surface area contributed by atoms with Crippen molar-refractivity contribution in [1.82, 2.24) is 25.3 Å². The zero-order valence-corrected chi connectivity index (χ0v) is 19.2. The van der Waals surface area contributed by atoms with Crippen LogP contribution in [0.2, 0.25) is 0 Å². The van der Waals surface area contributed by atoms with Gasteiger partial charge >= 0.3 is 0 Å². The van der Waals surface area contributed by atoms with Crippen molar-refractivity contribution in [3.63, 3.8) is 0 Å². The quantitative estimate of drug-likeness (QED) is 0.426. The molecule has 0 aliphatic heterocycles. The number of para-hydroxylation sites is 1. The second-order valence-electron chi connectivity index (χ2n) is 7.76. The first kappa shape index (κ1) is 22.3. The molecule has 4 rings (SSSR count). The summed E-state index contributed by atoms with van der Waals surface area (Å²) in [5.41, 5.74) is 6.63. The van der Waals surface area contributed by atoms with E-state index in [1.165, 1.54) is 0 Å². The van der Waals surface area contributed by atoms with Crippen LogP contribution in [-0.2, 0) is 19.3 Å². The van der Waals surface area contributed by atoms with E-state index in [-0.39, 0.29) is 5.91 Å². The normalized spacial score (nSPS) is 10.9. The minimum absolute atomic E-state index is 0.111. The molecule has 0 saturated heterocycles. The average Bonchev–Trinajstić information content (AvgIpc) is 2.87. The molecule has 0 aliphatic carbocycles. The van der Waals surface area contributed by atoms with Gasteiger partial charge < -0.3 is 10.6 Å². The molecule has 0 radical (unpaired) electrons. The van der Waals surface area contributed by atoms with E-state index in [0.717, 1.165) is 64.2 Å². The van der Waals surface area contributed by atoms with Gasteiger partial charge in [0.25, 0.3) is 5.91 Å². The van der Waals surface area contributed by atoms with Crippen LogP contribution in [0.15, 0.2) is 55.0 Å². The monoisotopic (exact) mass is 440 g/mol.